The first-order valence-corrected chi connectivity index (χ1v) is 5.18. The van der Waals surface area contributed by atoms with Crippen molar-refractivity contribution >= 4 is 0 Å². The lowest BCUT2D eigenvalue weighted by molar-refractivity contribution is 0.264. The van der Waals surface area contributed by atoms with E-state index in [0.717, 1.165) is 12.2 Å². The minimum absolute atomic E-state index is 0.417. The minimum atomic E-state index is 0.417. The zero-order chi connectivity index (χ0) is 10.4. The first kappa shape index (κ1) is 11.1. The third kappa shape index (κ3) is 3.38. The van der Waals surface area contributed by atoms with Crippen molar-refractivity contribution < 1.29 is 4.74 Å². The van der Waals surface area contributed by atoms with E-state index in [0.29, 0.717) is 19.1 Å². The van der Waals surface area contributed by atoms with Crippen LogP contribution in [-0.2, 0) is 6.42 Å². The molecular weight excluding hydrogens is 174 g/mol. The lowest BCUT2D eigenvalue weighted by Gasteiger charge is -2.11. The van der Waals surface area contributed by atoms with Gasteiger partial charge in [0.25, 0.3) is 0 Å². The highest BCUT2D eigenvalue weighted by Gasteiger charge is 2.00. The van der Waals surface area contributed by atoms with Crippen molar-refractivity contribution in [2.45, 2.75) is 20.3 Å². The molecule has 0 saturated heterocycles. The summed E-state index contributed by atoms with van der Waals surface area (Å²) >= 11 is 0. The van der Waals surface area contributed by atoms with E-state index < -0.39 is 0 Å². The highest BCUT2D eigenvalue weighted by Crippen LogP contribution is 2.14. The van der Waals surface area contributed by atoms with Crippen LogP contribution in [0.4, 0.5) is 0 Å². The molecule has 1 aromatic carbocycles. The Morgan fingerprint density at radius 1 is 1.43 bits per heavy atom. The Hall–Kier alpha value is -1.02. The highest BCUT2D eigenvalue weighted by atomic mass is 16.5. The van der Waals surface area contributed by atoms with Crippen LogP contribution in [0, 0.1) is 5.92 Å². The molecule has 1 atom stereocenters. The molecule has 0 spiro atoms. The summed E-state index contributed by atoms with van der Waals surface area (Å²) in [5.41, 5.74) is 6.82. The fraction of sp³-hybridized carbons (Fsp3) is 0.500. The molecule has 14 heavy (non-hydrogen) atoms. The molecule has 1 aromatic rings. The van der Waals surface area contributed by atoms with Gasteiger partial charge in [0.2, 0.25) is 0 Å². The van der Waals surface area contributed by atoms with Crippen molar-refractivity contribution in [2.24, 2.45) is 11.7 Å². The van der Waals surface area contributed by atoms with E-state index in [4.69, 9.17) is 10.5 Å². The second-order valence-corrected chi connectivity index (χ2v) is 3.65. The van der Waals surface area contributed by atoms with Crippen molar-refractivity contribution in [3.8, 4) is 5.75 Å². The van der Waals surface area contributed by atoms with E-state index in [1.807, 2.05) is 12.1 Å². The number of hydrogen-bond acceptors (Lipinski definition) is 2. The second kappa shape index (κ2) is 5.66. The average molecular weight is 193 g/mol. The molecule has 0 bridgehead atoms. The molecule has 0 unspecified atom stereocenters. The average Bonchev–Trinajstić information content (AvgIpc) is 2.26. The van der Waals surface area contributed by atoms with E-state index in [2.05, 4.69) is 26.0 Å². The number of nitrogens with two attached hydrogens (primary N) is 1. The summed E-state index contributed by atoms with van der Waals surface area (Å²) in [7, 11) is 0. The Morgan fingerprint density at radius 2 is 2.21 bits per heavy atom. The predicted octanol–water partition coefficient (Wildman–Crippen LogP) is 2.22. The van der Waals surface area contributed by atoms with Crippen LogP contribution in [0.15, 0.2) is 24.3 Å². The molecule has 0 saturated carbocycles. The van der Waals surface area contributed by atoms with Crippen LogP contribution in [0.3, 0.4) is 0 Å². The van der Waals surface area contributed by atoms with Gasteiger partial charge < -0.3 is 10.5 Å². The molecule has 0 aliphatic carbocycles. The molecule has 0 fully saturated rings. The summed E-state index contributed by atoms with van der Waals surface area (Å²) in [6, 6.07) is 8.21. The molecule has 78 valence electrons. The molecule has 0 amide bonds. The van der Waals surface area contributed by atoms with Gasteiger partial charge in [-0.15, -0.1) is 0 Å². The van der Waals surface area contributed by atoms with Crippen LogP contribution in [0.1, 0.15) is 19.4 Å². The summed E-state index contributed by atoms with van der Waals surface area (Å²) in [6.45, 7) is 5.60. The molecule has 2 heteroatoms. The largest absolute Gasteiger partial charge is 0.493 e. The van der Waals surface area contributed by atoms with Crippen molar-refractivity contribution in [2.75, 3.05) is 13.2 Å². The third-order valence-electron chi connectivity index (χ3n) is 2.24. The Morgan fingerprint density at radius 3 is 2.86 bits per heavy atom. The van der Waals surface area contributed by atoms with E-state index in [1.54, 1.807) is 0 Å². The second-order valence-electron chi connectivity index (χ2n) is 3.65. The van der Waals surface area contributed by atoms with Crippen LogP contribution in [0.25, 0.3) is 0 Å². The van der Waals surface area contributed by atoms with Crippen LogP contribution in [0.2, 0.25) is 0 Å². The van der Waals surface area contributed by atoms with E-state index >= 15 is 0 Å². The molecule has 2 nitrogen and oxygen atoms in total. The van der Waals surface area contributed by atoms with E-state index in [9.17, 15) is 0 Å². The molecular formula is C12H19NO. The summed E-state index contributed by atoms with van der Waals surface area (Å²) in [5.74, 6) is 1.37. The number of ether oxygens (including phenoxy) is 1. The number of benzene rings is 1. The van der Waals surface area contributed by atoms with Gasteiger partial charge in [0, 0.05) is 5.92 Å². The summed E-state index contributed by atoms with van der Waals surface area (Å²) in [4.78, 5) is 0. The van der Waals surface area contributed by atoms with Crippen molar-refractivity contribution in [3.63, 3.8) is 0 Å². The number of hydrogen-bond donors (Lipinski definition) is 1. The van der Waals surface area contributed by atoms with Gasteiger partial charge >= 0.3 is 0 Å². The first-order valence-electron chi connectivity index (χ1n) is 5.18. The maximum Gasteiger partial charge on any atom is 0.119 e. The fourth-order valence-electron chi connectivity index (χ4n) is 1.16. The Bertz CT molecular complexity index is 273. The van der Waals surface area contributed by atoms with Gasteiger partial charge in [-0.1, -0.05) is 26.0 Å². The number of aryl methyl sites for hydroxylation is 1. The molecule has 0 aliphatic heterocycles. The van der Waals surface area contributed by atoms with Crippen LogP contribution < -0.4 is 10.5 Å². The van der Waals surface area contributed by atoms with Gasteiger partial charge in [0.15, 0.2) is 0 Å². The van der Waals surface area contributed by atoms with Gasteiger partial charge in [-0.2, -0.15) is 0 Å². The van der Waals surface area contributed by atoms with Crippen LogP contribution in [-0.4, -0.2) is 13.2 Å². The Labute approximate surface area is 86.1 Å². The highest BCUT2D eigenvalue weighted by molar-refractivity contribution is 5.28. The quantitative estimate of drug-likeness (QED) is 0.778. The van der Waals surface area contributed by atoms with Crippen LogP contribution in [0.5, 0.6) is 5.75 Å². The molecule has 2 N–H and O–H groups in total. The van der Waals surface area contributed by atoms with Crippen molar-refractivity contribution in [1.29, 1.82) is 0 Å². The van der Waals surface area contributed by atoms with Gasteiger partial charge in [-0.25, -0.2) is 0 Å². The van der Waals surface area contributed by atoms with E-state index in [-0.39, 0.29) is 0 Å². The third-order valence-corrected chi connectivity index (χ3v) is 2.24. The topological polar surface area (TPSA) is 35.2 Å². The van der Waals surface area contributed by atoms with Gasteiger partial charge in [-0.3, -0.25) is 0 Å². The fourth-order valence-corrected chi connectivity index (χ4v) is 1.16. The summed E-state index contributed by atoms with van der Waals surface area (Å²) in [6.07, 6.45) is 1.05. The molecule has 0 aromatic heterocycles. The van der Waals surface area contributed by atoms with Crippen molar-refractivity contribution in [3.05, 3.63) is 29.8 Å². The van der Waals surface area contributed by atoms with Crippen LogP contribution >= 0.6 is 0 Å². The smallest absolute Gasteiger partial charge is 0.119 e. The van der Waals surface area contributed by atoms with Crippen molar-refractivity contribution in [1.82, 2.24) is 0 Å². The summed E-state index contributed by atoms with van der Waals surface area (Å²) < 4.78 is 5.62. The zero-order valence-corrected chi connectivity index (χ0v) is 8.99. The maximum absolute atomic E-state index is 5.62. The van der Waals surface area contributed by atoms with Gasteiger partial charge in [-0.05, 0) is 30.7 Å². The Balaban J connectivity index is 2.50. The van der Waals surface area contributed by atoms with Gasteiger partial charge in [0.05, 0.1) is 6.61 Å². The SMILES string of the molecule is CCc1cccc(OC[C@@H](C)CN)c1. The normalized spacial score (nSPS) is 12.5. The molecule has 0 radical (unpaired) electrons. The monoisotopic (exact) mass is 193 g/mol. The standard InChI is InChI=1S/C12H19NO/c1-3-11-5-4-6-12(7-11)14-9-10(2)8-13/h4-7,10H,3,8-9,13H2,1-2H3/t10-/m0/s1. The lowest BCUT2D eigenvalue weighted by Crippen LogP contribution is -2.18. The Kier molecular flexibility index (Phi) is 4.47. The zero-order valence-electron chi connectivity index (χ0n) is 8.99. The molecule has 1 rings (SSSR count). The van der Waals surface area contributed by atoms with Gasteiger partial charge in [0.1, 0.15) is 5.75 Å². The minimum Gasteiger partial charge on any atom is -0.493 e. The number of rotatable bonds is 5. The molecule has 0 aliphatic rings. The first-order chi connectivity index (χ1) is 6.76. The lowest BCUT2D eigenvalue weighted by atomic mass is 10.1. The summed E-state index contributed by atoms with van der Waals surface area (Å²) in [5, 5.41) is 0. The molecule has 0 heterocycles. The van der Waals surface area contributed by atoms with E-state index in [1.165, 1.54) is 5.56 Å². The predicted molar refractivity (Wildman–Crippen MR) is 59.5 cm³/mol. The maximum atomic E-state index is 5.62.